The largest absolute Gasteiger partial charge is 0.330 e. The van der Waals surface area contributed by atoms with E-state index in [2.05, 4.69) is 45.0 Å². The molecule has 0 radical (unpaired) electrons. The lowest BCUT2D eigenvalue weighted by molar-refractivity contribution is 0.473. The van der Waals surface area contributed by atoms with Crippen molar-refractivity contribution in [2.24, 2.45) is 11.7 Å². The molecular weight excluding hydrogens is 182 g/mol. The first kappa shape index (κ1) is 12.3. The normalized spacial score (nSPS) is 13.1. The van der Waals surface area contributed by atoms with Crippen LogP contribution in [0.15, 0.2) is 24.3 Å². The zero-order valence-electron chi connectivity index (χ0n) is 10.2. The first-order valence-corrected chi connectivity index (χ1v) is 5.98. The minimum absolute atomic E-state index is 0.612. The van der Waals surface area contributed by atoms with Crippen LogP contribution in [0, 0.1) is 5.92 Å². The minimum Gasteiger partial charge on any atom is -0.330 e. The molecule has 0 bridgehead atoms. The Morgan fingerprint density at radius 3 is 2.13 bits per heavy atom. The van der Waals surface area contributed by atoms with Gasteiger partial charge >= 0.3 is 0 Å². The summed E-state index contributed by atoms with van der Waals surface area (Å²) >= 11 is 0. The van der Waals surface area contributed by atoms with Gasteiger partial charge in [0, 0.05) is 0 Å². The Kier molecular flexibility index (Phi) is 4.83. The number of benzene rings is 1. The molecule has 0 saturated carbocycles. The summed E-state index contributed by atoms with van der Waals surface area (Å²) in [4.78, 5) is 0. The number of hydrogen-bond acceptors (Lipinski definition) is 1. The molecule has 1 heteroatoms. The van der Waals surface area contributed by atoms with Crippen LogP contribution in [0.3, 0.4) is 0 Å². The molecule has 1 aromatic carbocycles. The Hall–Kier alpha value is -0.820. The standard InChI is InChI=1S/C14H23N/c1-4-12-5-7-13(8-6-12)14(9-10-15)11(2)3/h5-8,11,14H,4,9-10,15H2,1-3H3. The van der Waals surface area contributed by atoms with E-state index in [1.165, 1.54) is 11.1 Å². The Bertz CT molecular complexity index is 274. The fourth-order valence-corrected chi connectivity index (χ4v) is 2.06. The molecule has 0 aromatic heterocycles. The summed E-state index contributed by atoms with van der Waals surface area (Å²) in [5.41, 5.74) is 8.51. The van der Waals surface area contributed by atoms with E-state index in [0.29, 0.717) is 11.8 Å². The van der Waals surface area contributed by atoms with Crippen molar-refractivity contribution in [3.8, 4) is 0 Å². The van der Waals surface area contributed by atoms with Gasteiger partial charge < -0.3 is 5.73 Å². The van der Waals surface area contributed by atoms with Crippen molar-refractivity contribution in [3.05, 3.63) is 35.4 Å². The average molecular weight is 205 g/mol. The van der Waals surface area contributed by atoms with Crippen LogP contribution >= 0.6 is 0 Å². The van der Waals surface area contributed by atoms with Crippen LogP contribution in [0.2, 0.25) is 0 Å². The van der Waals surface area contributed by atoms with Gasteiger partial charge in [0.05, 0.1) is 0 Å². The molecule has 0 heterocycles. The zero-order chi connectivity index (χ0) is 11.3. The van der Waals surface area contributed by atoms with E-state index >= 15 is 0 Å². The van der Waals surface area contributed by atoms with Crippen molar-refractivity contribution in [2.45, 2.75) is 39.5 Å². The van der Waals surface area contributed by atoms with Gasteiger partial charge in [0.2, 0.25) is 0 Å². The van der Waals surface area contributed by atoms with Crippen molar-refractivity contribution < 1.29 is 0 Å². The highest BCUT2D eigenvalue weighted by Gasteiger charge is 2.14. The highest BCUT2D eigenvalue weighted by molar-refractivity contribution is 5.25. The molecule has 0 spiro atoms. The van der Waals surface area contributed by atoms with Crippen molar-refractivity contribution in [1.82, 2.24) is 0 Å². The van der Waals surface area contributed by atoms with Crippen LogP contribution in [0.5, 0.6) is 0 Å². The molecule has 1 rings (SSSR count). The molecule has 0 fully saturated rings. The lowest BCUT2D eigenvalue weighted by Gasteiger charge is -2.20. The lowest BCUT2D eigenvalue weighted by atomic mass is 9.85. The van der Waals surface area contributed by atoms with E-state index in [4.69, 9.17) is 5.73 Å². The molecular formula is C14H23N. The van der Waals surface area contributed by atoms with Gasteiger partial charge in [0.25, 0.3) is 0 Å². The van der Waals surface area contributed by atoms with E-state index in [-0.39, 0.29) is 0 Å². The summed E-state index contributed by atoms with van der Waals surface area (Å²) in [5.74, 6) is 1.28. The number of nitrogens with two attached hydrogens (primary N) is 1. The zero-order valence-corrected chi connectivity index (χ0v) is 10.2. The summed E-state index contributed by atoms with van der Waals surface area (Å²) in [5, 5.41) is 0. The summed E-state index contributed by atoms with van der Waals surface area (Å²) < 4.78 is 0. The van der Waals surface area contributed by atoms with E-state index in [0.717, 1.165) is 19.4 Å². The van der Waals surface area contributed by atoms with Crippen LogP contribution in [-0.2, 0) is 6.42 Å². The molecule has 0 aliphatic heterocycles. The van der Waals surface area contributed by atoms with E-state index < -0.39 is 0 Å². The van der Waals surface area contributed by atoms with E-state index in [1.807, 2.05) is 0 Å². The quantitative estimate of drug-likeness (QED) is 0.784. The topological polar surface area (TPSA) is 26.0 Å². The molecule has 84 valence electrons. The molecule has 0 aliphatic carbocycles. The van der Waals surface area contributed by atoms with Gasteiger partial charge in [-0.1, -0.05) is 45.0 Å². The Morgan fingerprint density at radius 1 is 1.13 bits per heavy atom. The van der Waals surface area contributed by atoms with E-state index in [1.54, 1.807) is 0 Å². The predicted molar refractivity (Wildman–Crippen MR) is 67.1 cm³/mol. The molecule has 15 heavy (non-hydrogen) atoms. The van der Waals surface area contributed by atoms with Crippen LogP contribution in [-0.4, -0.2) is 6.54 Å². The van der Waals surface area contributed by atoms with Crippen molar-refractivity contribution in [2.75, 3.05) is 6.54 Å². The maximum Gasteiger partial charge on any atom is -0.00713 e. The number of hydrogen-bond donors (Lipinski definition) is 1. The Morgan fingerprint density at radius 2 is 1.73 bits per heavy atom. The maximum absolute atomic E-state index is 5.66. The van der Waals surface area contributed by atoms with Crippen molar-refractivity contribution in [1.29, 1.82) is 0 Å². The van der Waals surface area contributed by atoms with Crippen LogP contribution in [0.1, 0.15) is 44.2 Å². The third kappa shape index (κ3) is 3.35. The van der Waals surface area contributed by atoms with Gasteiger partial charge in [-0.2, -0.15) is 0 Å². The summed E-state index contributed by atoms with van der Waals surface area (Å²) in [6, 6.07) is 9.00. The van der Waals surface area contributed by atoms with Gasteiger partial charge in [-0.3, -0.25) is 0 Å². The fraction of sp³-hybridized carbons (Fsp3) is 0.571. The van der Waals surface area contributed by atoms with Crippen LogP contribution in [0.4, 0.5) is 0 Å². The lowest BCUT2D eigenvalue weighted by Crippen LogP contribution is -2.12. The molecule has 1 nitrogen and oxygen atoms in total. The SMILES string of the molecule is CCc1ccc(C(CCN)C(C)C)cc1. The molecule has 0 aliphatic rings. The predicted octanol–water partition coefficient (Wildman–Crippen LogP) is 3.34. The summed E-state index contributed by atoms with van der Waals surface area (Å²) in [7, 11) is 0. The summed E-state index contributed by atoms with van der Waals surface area (Å²) in [6.45, 7) is 7.51. The monoisotopic (exact) mass is 205 g/mol. The second kappa shape index (κ2) is 5.92. The third-order valence-corrected chi connectivity index (χ3v) is 3.10. The van der Waals surface area contributed by atoms with Crippen LogP contribution in [0.25, 0.3) is 0 Å². The van der Waals surface area contributed by atoms with Gasteiger partial charge in [-0.05, 0) is 42.3 Å². The average Bonchev–Trinajstić information content (AvgIpc) is 2.26. The smallest absolute Gasteiger partial charge is 0.00713 e. The Labute approximate surface area is 93.7 Å². The Balaban J connectivity index is 2.81. The molecule has 0 amide bonds. The molecule has 0 saturated heterocycles. The molecule has 1 aromatic rings. The molecule has 2 N–H and O–H groups in total. The molecule has 1 unspecified atom stereocenters. The first-order chi connectivity index (χ1) is 7.19. The second-order valence-electron chi connectivity index (χ2n) is 4.52. The highest BCUT2D eigenvalue weighted by atomic mass is 14.5. The van der Waals surface area contributed by atoms with Gasteiger partial charge in [0.15, 0.2) is 0 Å². The van der Waals surface area contributed by atoms with Gasteiger partial charge in [-0.15, -0.1) is 0 Å². The van der Waals surface area contributed by atoms with Gasteiger partial charge in [-0.25, -0.2) is 0 Å². The van der Waals surface area contributed by atoms with Crippen LogP contribution < -0.4 is 5.73 Å². The van der Waals surface area contributed by atoms with Crippen molar-refractivity contribution >= 4 is 0 Å². The third-order valence-electron chi connectivity index (χ3n) is 3.10. The second-order valence-corrected chi connectivity index (χ2v) is 4.52. The summed E-state index contributed by atoms with van der Waals surface area (Å²) in [6.07, 6.45) is 2.20. The van der Waals surface area contributed by atoms with Crippen molar-refractivity contribution in [3.63, 3.8) is 0 Å². The minimum atomic E-state index is 0.612. The first-order valence-electron chi connectivity index (χ1n) is 5.98. The molecule has 1 atom stereocenters. The number of aryl methyl sites for hydroxylation is 1. The number of rotatable bonds is 5. The van der Waals surface area contributed by atoms with Gasteiger partial charge in [0.1, 0.15) is 0 Å². The maximum atomic E-state index is 5.66. The highest BCUT2D eigenvalue weighted by Crippen LogP contribution is 2.27. The fourth-order valence-electron chi connectivity index (χ4n) is 2.06. The van der Waals surface area contributed by atoms with E-state index in [9.17, 15) is 0 Å².